The van der Waals surface area contributed by atoms with Crippen LogP contribution in [0, 0.1) is 6.57 Å². The fourth-order valence-corrected chi connectivity index (χ4v) is 3.84. The molecule has 0 saturated heterocycles. The van der Waals surface area contributed by atoms with Crippen LogP contribution in [-0.4, -0.2) is 35.5 Å². The van der Waals surface area contributed by atoms with E-state index < -0.39 is 10.1 Å². The Morgan fingerprint density at radius 2 is 1.43 bits per heavy atom. The van der Waals surface area contributed by atoms with Gasteiger partial charge in [-0.05, 0) is 55.3 Å². The minimum atomic E-state index is -3.79. The average Bonchev–Trinajstić information content (AvgIpc) is 2.83. The first-order valence-electron chi connectivity index (χ1n) is 10.7. The van der Waals surface area contributed by atoms with Crippen LogP contribution in [0.25, 0.3) is 27.1 Å². The molecule has 3 aromatic rings. The van der Waals surface area contributed by atoms with Gasteiger partial charge < -0.3 is 18.4 Å². The molecule has 0 aromatic heterocycles. The number of allylic oxidation sites excluding steroid dienone is 1. The zero-order valence-electron chi connectivity index (χ0n) is 20.3. The Hall–Kier alpha value is -3.96. The number of hydrogen-bond acceptors (Lipinski definition) is 6. The molecule has 0 saturated carbocycles. The van der Waals surface area contributed by atoms with Crippen molar-refractivity contribution in [3.8, 4) is 45.3 Å². The van der Waals surface area contributed by atoms with Crippen molar-refractivity contribution in [2.24, 2.45) is 0 Å². The van der Waals surface area contributed by atoms with Crippen molar-refractivity contribution in [2.45, 2.75) is 13.8 Å². The average molecular weight is 494 g/mol. The first kappa shape index (κ1) is 25.7. The molecule has 35 heavy (non-hydrogen) atoms. The van der Waals surface area contributed by atoms with Gasteiger partial charge >= 0.3 is 10.1 Å². The Bertz CT molecular complexity index is 1380. The molecular weight excluding hydrogens is 466 g/mol. The van der Waals surface area contributed by atoms with Crippen LogP contribution >= 0.6 is 0 Å². The molecule has 0 bridgehead atoms. The minimum absolute atomic E-state index is 0.0759. The summed E-state index contributed by atoms with van der Waals surface area (Å²) in [6.07, 6.45) is 2.87. The molecule has 0 fully saturated rings. The second kappa shape index (κ2) is 11.0. The Kier molecular flexibility index (Phi) is 8.05. The first-order chi connectivity index (χ1) is 16.6. The third-order valence-corrected chi connectivity index (χ3v) is 5.54. The van der Waals surface area contributed by atoms with Crippen LogP contribution in [0.1, 0.15) is 13.8 Å². The maximum absolute atomic E-state index is 11.9. The van der Waals surface area contributed by atoms with Crippen molar-refractivity contribution in [1.29, 1.82) is 0 Å². The fourth-order valence-electron chi connectivity index (χ4n) is 3.39. The molecule has 0 aliphatic rings. The van der Waals surface area contributed by atoms with Gasteiger partial charge in [-0.1, -0.05) is 35.9 Å². The maximum Gasteiger partial charge on any atom is 0.306 e. The zero-order valence-corrected chi connectivity index (χ0v) is 21.1. The van der Waals surface area contributed by atoms with Gasteiger partial charge in [-0.2, -0.15) is 8.42 Å². The highest BCUT2D eigenvalue weighted by atomic mass is 32.2. The third kappa shape index (κ3) is 6.55. The molecule has 0 heterocycles. The molecule has 7 nitrogen and oxygen atoms in total. The van der Waals surface area contributed by atoms with Crippen LogP contribution in [0.5, 0.6) is 23.0 Å². The van der Waals surface area contributed by atoms with Gasteiger partial charge in [0.2, 0.25) is 0 Å². The monoisotopic (exact) mass is 493 g/mol. The van der Waals surface area contributed by atoms with E-state index in [0.29, 0.717) is 34.1 Å². The van der Waals surface area contributed by atoms with E-state index in [9.17, 15) is 8.42 Å². The number of methoxy groups -OCH3 is 2. The van der Waals surface area contributed by atoms with Crippen LogP contribution in [0.15, 0.2) is 66.2 Å². The maximum atomic E-state index is 11.9. The van der Waals surface area contributed by atoms with Crippen molar-refractivity contribution < 1.29 is 26.8 Å². The van der Waals surface area contributed by atoms with Gasteiger partial charge in [-0.15, -0.1) is 0 Å². The van der Waals surface area contributed by atoms with Gasteiger partial charge in [0.25, 0.3) is 0 Å². The number of ether oxygens (including phenoxy) is 3. The van der Waals surface area contributed by atoms with E-state index >= 15 is 0 Å². The van der Waals surface area contributed by atoms with E-state index in [-0.39, 0.29) is 12.4 Å². The Morgan fingerprint density at radius 3 is 1.94 bits per heavy atom. The smallest absolute Gasteiger partial charge is 0.306 e. The van der Waals surface area contributed by atoms with E-state index in [1.807, 2.05) is 44.2 Å². The lowest BCUT2D eigenvalue weighted by Gasteiger charge is -2.17. The summed E-state index contributed by atoms with van der Waals surface area (Å²) in [5, 5.41) is 0. The highest BCUT2D eigenvalue weighted by Gasteiger charge is 2.18. The lowest BCUT2D eigenvalue weighted by atomic mass is 9.97. The Balaban J connectivity index is 2.11. The van der Waals surface area contributed by atoms with Crippen LogP contribution in [0.2, 0.25) is 0 Å². The quantitative estimate of drug-likeness (QED) is 0.199. The van der Waals surface area contributed by atoms with E-state index in [4.69, 9.17) is 25.0 Å². The Morgan fingerprint density at radius 1 is 0.857 bits per heavy atom. The van der Waals surface area contributed by atoms with Crippen LogP contribution in [0.4, 0.5) is 5.69 Å². The molecule has 3 rings (SSSR count). The topological polar surface area (TPSA) is 75.4 Å². The first-order valence-corrected chi connectivity index (χ1v) is 12.5. The molecule has 0 unspecified atom stereocenters. The van der Waals surface area contributed by atoms with Gasteiger partial charge in [0.15, 0.2) is 17.2 Å². The van der Waals surface area contributed by atoms with Crippen LogP contribution in [-0.2, 0) is 10.1 Å². The Labute approximate surface area is 206 Å². The summed E-state index contributed by atoms with van der Waals surface area (Å²) in [4.78, 5) is 3.43. The largest absolute Gasteiger partial charge is 0.496 e. The van der Waals surface area contributed by atoms with Crippen molar-refractivity contribution in [3.63, 3.8) is 0 Å². The normalized spacial score (nSPS) is 10.7. The van der Waals surface area contributed by atoms with Crippen LogP contribution in [0.3, 0.4) is 0 Å². The van der Waals surface area contributed by atoms with E-state index in [1.165, 1.54) is 0 Å². The van der Waals surface area contributed by atoms with Gasteiger partial charge in [-0.25, -0.2) is 4.85 Å². The summed E-state index contributed by atoms with van der Waals surface area (Å²) < 4.78 is 46.1. The highest BCUT2D eigenvalue weighted by molar-refractivity contribution is 7.86. The van der Waals surface area contributed by atoms with Crippen molar-refractivity contribution in [1.82, 2.24) is 0 Å². The van der Waals surface area contributed by atoms with Crippen molar-refractivity contribution in [2.75, 3.05) is 27.1 Å². The van der Waals surface area contributed by atoms with E-state index in [2.05, 4.69) is 4.85 Å². The second-order valence-electron chi connectivity index (χ2n) is 7.95. The van der Waals surface area contributed by atoms with Gasteiger partial charge in [0, 0.05) is 11.1 Å². The summed E-state index contributed by atoms with van der Waals surface area (Å²) in [6.45, 7) is 11.3. The van der Waals surface area contributed by atoms with E-state index in [0.717, 1.165) is 23.0 Å². The molecule has 182 valence electrons. The fraction of sp³-hybridized carbons (Fsp3) is 0.222. The number of nitrogens with zero attached hydrogens (tertiary/aromatic N) is 1. The molecule has 0 radical (unpaired) electrons. The van der Waals surface area contributed by atoms with Gasteiger partial charge in [-0.3, -0.25) is 0 Å². The number of rotatable bonds is 9. The number of benzene rings is 3. The predicted octanol–water partition coefficient (Wildman–Crippen LogP) is 6.27. The second-order valence-corrected chi connectivity index (χ2v) is 9.53. The molecule has 0 N–H and O–H groups in total. The minimum Gasteiger partial charge on any atom is -0.496 e. The van der Waals surface area contributed by atoms with Crippen LogP contribution < -0.4 is 18.4 Å². The highest BCUT2D eigenvalue weighted by Crippen LogP contribution is 2.43. The van der Waals surface area contributed by atoms with Gasteiger partial charge in [0.1, 0.15) is 18.1 Å². The standard InChI is InChI=1S/C27H27NO6S/c1-18(2)13-14-33-24-12-9-20(15-27(24)34-35(6,29)30)23-17-25(31-4)22(16-26(23)32-5)19-7-10-21(28-3)11-8-19/h7-13,15-17H,14H2,1-2,4-6H3. The molecular formula is C27H27NO6S. The molecule has 0 aliphatic carbocycles. The summed E-state index contributed by atoms with van der Waals surface area (Å²) in [5.74, 6) is 1.52. The summed E-state index contributed by atoms with van der Waals surface area (Å²) in [5.41, 5.74) is 4.61. The zero-order chi connectivity index (χ0) is 25.6. The molecule has 3 aromatic carbocycles. The summed E-state index contributed by atoms with van der Waals surface area (Å²) >= 11 is 0. The molecule has 8 heteroatoms. The SMILES string of the molecule is [C-]#[N+]c1ccc(-c2cc(OC)c(-c3ccc(OCC=C(C)C)c(OS(C)(=O)=O)c3)cc2OC)cc1. The lowest BCUT2D eigenvalue weighted by Crippen LogP contribution is -2.08. The summed E-state index contributed by atoms with van der Waals surface area (Å²) in [6, 6.07) is 15.9. The van der Waals surface area contributed by atoms with E-state index in [1.54, 1.807) is 44.6 Å². The van der Waals surface area contributed by atoms with Crippen molar-refractivity contribution >= 4 is 15.8 Å². The molecule has 0 atom stereocenters. The molecule has 0 amide bonds. The predicted molar refractivity (Wildman–Crippen MR) is 137 cm³/mol. The van der Waals surface area contributed by atoms with Crippen molar-refractivity contribution in [3.05, 3.63) is 77.7 Å². The van der Waals surface area contributed by atoms with Gasteiger partial charge in [0.05, 0.1) is 27.0 Å². The third-order valence-electron chi connectivity index (χ3n) is 5.06. The number of hydrogen-bond donors (Lipinski definition) is 0. The lowest BCUT2D eigenvalue weighted by molar-refractivity contribution is 0.347. The molecule has 0 aliphatic heterocycles. The molecule has 0 spiro atoms. The summed E-state index contributed by atoms with van der Waals surface area (Å²) in [7, 11) is -0.661.